The number of para-hydroxylation sites is 2. The lowest BCUT2D eigenvalue weighted by Gasteiger charge is -2.29. The summed E-state index contributed by atoms with van der Waals surface area (Å²) < 4.78 is 5.32. The summed E-state index contributed by atoms with van der Waals surface area (Å²) in [5, 5.41) is 5.49. The molecular weight excluding hydrogens is 448 g/mol. The van der Waals surface area contributed by atoms with Gasteiger partial charge >= 0.3 is 6.09 Å². The van der Waals surface area contributed by atoms with Crippen molar-refractivity contribution in [3.05, 3.63) is 59.7 Å². The van der Waals surface area contributed by atoms with E-state index in [1.807, 2.05) is 19.1 Å². The van der Waals surface area contributed by atoms with Gasteiger partial charge in [0.15, 0.2) is 0 Å². The number of amides is 4. The van der Waals surface area contributed by atoms with Gasteiger partial charge in [0.2, 0.25) is 11.8 Å². The van der Waals surface area contributed by atoms with E-state index in [0.29, 0.717) is 16.9 Å². The second-order valence-electron chi connectivity index (χ2n) is 9.62. The lowest BCUT2D eigenvalue weighted by Crippen LogP contribution is -2.55. The molecule has 9 nitrogen and oxygen atoms in total. The maximum absolute atomic E-state index is 13.4. The van der Waals surface area contributed by atoms with Gasteiger partial charge in [-0.2, -0.15) is 0 Å². The van der Waals surface area contributed by atoms with Gasteiger partial charge in [0.05, 0.1) is 17.9 Å². The molecule has 0 saturated carbocycles. The topological polar surface area (TPSA) is 108 Å². The van der Waals surface area contributed by atoms with E-state index >= 15 is 0 Å². The largest absolute Gasteiger partial charge is 0.444 e. The minimum atomic E-state index is -1.04. The van der Waals surface area contributed by atoms with Gasteiger partial charge in [-0.3, -0.25) is 19.3 Å². The molecule has 4 amide bonds. The van der Waals surface area contributed by atoms with Crippen molar-refractivity contribution in [3.63, 3.8) is 0 Å². The molecule has 0 spiro atoms. The molecular formula is C26H32N4O5. The van der Waals surface area contributed by atoms with Gasteiger partial charge in [-0.05, 0) is 58.9 Å². The number of likely N-dealkylation sites (N-methyl/N-ethyl adjacent to an activating group) is 1. The fraction of sp³-hybridized carbons (Fsp3) is 0.385. The molecule has 0 unspecified atom stereocenters. The Labute approximate surface area is 205 Å². The zero-order valence-electron chi connectivity index (χ0n) is 20.9. The Morgan fingerprint density at radius 2 is 1.74 bits per heavy atom. The molecule has 186 valence electrons. The van der Waals surface area contributed by atoms with Gasteiger partial charge in [0.1, 0.15) is 17.7 Å². The Morgan fingerprint density at radius 1 is 1.11 bits per heavy atom. The van der Waals surface area contributed by atoms with Crippen LogP contribution in [0.5, 0.6) is 0 Å². The number of rotatable bonds is 4. The number of anilines is 2. The molecule has 1 heterocycles. The van der Waals surface area contributed by atoms with Gasteiger partial charge in [-0.1, -0.05) is 29.8 Å². The average molecular weight is 481 g/mol. The SMILES string of the molecule is Cc1ccc(C(=O)N2C[C@H](NC(=O)[C@H](C)N(C)C(=O)OC(C)(C)C)C(=O)Nc3ccccc32)cc1. The van der Waals surface area contributed by atoms with Crippen LogP contribution in [0.3, 0.4) is 0 Å². The van der Waals surface area contributed by atoms with Crippen LogP contribution in [0.4, 0.5) is 16.2 Å². The summed E-state index contributed by atoms with van der Waals surface area (Å²) in [6.07, 6.45) is -0.658. The van der Waals surface area contributed by atoms with Crippen molar-refractivity contribution < 1.29 is 23.9 Å². The Bertz CT molecular complexity index is 1120. The van der Waals surface area contributed by atoms with E-state index in [1.165, 1.54) is 23.8 Å². The van der Waals surface area contributed by atoms with Crippen LogP contribution in [0.25, 0.3) is 0 Å². The molecule has 2 atom stereocenters. The Morgan fingerprint density at radius 3 is 2.37 bits per heavy atom. The van der Waals surface area contributed by atoms with Crippen molar-refractivity contribution in [2.75, 3.05) is 23.8 Å². The van der Waals surface area contributed by atoms with E-state index in [1.54, 1.807) is 57.2 Å². The molecule has 35 heavy (non-hydrogen) atoms. The minimum absolute atomic E-state index is 0.0792. The third-order valence-corrected chi connectivity index (χ3v) is 5.64. The predicted molar refractivity (Wildman–Crippen MR) is 133 cm³/mol. The molecule has 1 aliphatic heterocycles. The first kappa shape index (κ1) is 25.7. The number of hydrogen-bond donors (Lipinski definition) is 2. The number of carbonyl (C=O) groups is 4. The van der Waals surface area contributed by atoms with Crippen LogP contribution in [-0.2, 0) is 14.3 Å². The van der Waals surface area contributed by atoms with Crippen molar-refractivity contribution in [1.82, 2.24) is 10.2 Å². The molecule has 1 aliphatic rings. The highest BCUT2D eigenvalue weighted by atomic mass is 16.6. The fourth-order valence-corrected chi connectivity index (χ4v) is 3.51. The monoisotopic (exact) mass is 480 g/mol. The zero-order chi connectivity index (χ0) is 25.9. The molecule has 0 radical (unpaired) electrons. The summed E-state index contributed by atoms with van der Waals surface area (Å²) in [5.41, 5.74) is 1.76. The second-order valence-corrected chi connectivity index (χ2v) is 9.62. The fourth-order valence-electron chi connectivity index (χ4n) is 3.51. The quantitative estimate of drug-likeness (QED) is 0.698. The van der Waals surface area contributed by atoms with Crippen LogP contribution in [-0.4, -0.2) is 60.0 Å². The molecule has 0 aliphatic carbocycles. The number of fused-ring (bicyclic) bond motifs is 1. The van der Waals surface area contributed by atoms with Gasteiger partial charge in [-0.15, -0.1) is 0 Å². The van der Waals surface area contributed by atoms with E-state index in [0.717, 1.165) is 5.56 Å². The average Bonchev–Trinajstić information content (AvgIpc) is 2.93. The van der Waals surface area contributed by atoms with Crippen LogP contribution in [0.1, 0.15) is 43.6 Å². The maximum atomic E-state index is 13.4. The first-order chi connectivity index (χ1) is 16.4. The molecule has 9 heteroatoms. The molecule has 3 rings (SSSR count). The second kappa shape index (κ2) is 10.2. The molecule has 0 aromatic heterocycles. The van der Waals surface area contributed by atoms with E-state index < -0.39 is 35.6 Å². The van der Waals surface area contributed by atoms with Crippen LogP contribution >= 0.6 is 0 Å². The smallest absolute Gasteiger partial charge is 0.410 e. The van der Waals surface area contributed by atoms with Crippen LogP contribution in [0.2, 0.25) is 0 Å². The first-order valence-corrected chi connectivity index (χ1v) is 11.4. The Kier molecular flexibility index (Phi) is 7.48. The lowest BCUT2D eigenvalue weighted by molar-refractivity contribution is -0.129. The highest BCUT2D eigenvalue weighted by Gasteiger charge is 2.35. The summed E-state index contributed by atoms with van der Waals surface area (Å²) in [7, 11) is 1.45. The van der Waals surface area contributed by atoms with E-state index in [4.69, 9.17) is 4.74 Å². The maximum Gasteiger partial charge on any atom is 0.410 e. The van der Waals surface area contributed by atoms with Crippen LogP contribution in [0, 0.1) is 6.92 Å². The van der Waals surface area contributed by atoms with E-state index in [2.05, 4.69) is 10.6 Å². The summed E-state index contributed by atoms with van der Waals surface area (Å²) in [4.78, 5) is 54.5. The predicted octanol–water partition coefficient (Wildman–Crippen LogP) is 3.33. The Balaban J connectivity index is 1.83. The number of nitrogens with one attached hydrogen (secondary N) is 2. The zero-order valence-corrected chi connectivity index (χ0v) is 20.9. The third kappa shape index (κ3) is 6.17. The van der Waals surface area contributed by atoms with Crippen LogP contribution in [0.15, 0.2) is 48.5 Å². The highest BCUT2D eigenvalue weighted by molar-refractivity contribution is 6.12. The number of hydrogen-bond acceptors (Lipinski definition) is 5. The molecule has 2 aromatic carbocycles. The highest BCUT2D eigenvalue weighted by Crippen LogP contribution is 2.30. The van der Waals surface area contributed by atoms with Gasteiger partial charge in [0.25, 0.3) is 5.91 Å². The lowest BCUT2D eigenvalue weighted by atomic mass is 10.1. The minimum Gasteiger partial charge on any atom is -0.444 e. The summed E-state index contributed by atoms with van der Waals surface area (Å²) >= 11 is 0. The van der Waals surface area contributed by atoms with Crippen molar-refractivity contribution in [2.45, 2.75) is 52.3 Å². The molecule has 2 aromatic rings. The molecule has 0 fully saturated rings. The third-order valence-electron chi connectivity index (χ3n) is 5.64. The standard InChI is InChI=1S/C26H32N4O5/c1-16-11-13-18(14-12-16)24(33)30-15-20(23(32)27-19-9-7-8-10-21(19)30)28-22(31)17(2)29(6)25(34)35-26(3,4)5/h7-14,17,20H,15H2,1-6H3,(H,27,32)(H,28,31)/t17-,20-/m0/s1. The van der Waals surface area contributed by atoms with Crippen LogP contribution < -0.4 is 15.5 Å². The van der Waals surface area contributed by atoms with Crippen molar-refractivity contribution in [1.29, 1.82) is 0 Å². The Hall–Kier alpha value is -3.88. The first-order valence-electron chi connectivity index (χ1n) is 11.4. The van der Waals surface area contributed by atoms with E-state index in [9.17, 15) is 19.2 Å². The van der Waals surface area contributed by atoms with Crippen molar-refractivity contribution in [3.8, 4) is 0 Å². The number of nitrogens with zero attached hydrogens (tertiary/aromatic N) is 2. The molecule has 0 bridgehead atoms. The normalized spacial score (nSPS) is 16.3. The summed E-state index contributed by atoms with van der Waals surface area (Å²) in [6, 6.07) is 12.2. The van der Waals surface area contributed by atoms with Gasteiger partial charge in [-0.25, -0.2) is 4.79 Å². The summed E-state index contributed by atoms with van der Waals surface area (Å²) in [5.74, 6) is -1.31. The number of carbonyl (C=O) groups excluding carboxylic acids is 4. The van der Waals surface area contributed by atoms with Gasteiger partial charge in [0, 0.05) is 12.6 Å². The van der Waals surface area contributed by atoms with Crippen molar-refractivity contribution in [2.24, 2.45) is 0 Å². The number of aryl methyl sites for hydroxylation is 1. The number of benzene rings is 2. The van der Waals surface area contributed by atoms with E-state index in [-0.39, 0.29) is 12.5 Å². The molecule has 0 saturated heterocycles. The van der Waals surface area contributed by atoms with Gasteiger partial charge < -0.3 is 20.3 Å². The molecule has 2 N–H and O–H groups in total. The number of ether oxygens (including phenoxy) is 1. The van der Waals surface area contributed by atoms with Crippen molar-refractivity contribution >= 4 is 35.2 Å². The summed E-state index contributed by atoms with van der Waals surface area (Å²) in [6.45, 7) is 8.59.